The van der Waals surface area contributed by atoms with Crippen LogP contribution in [0, 0.1) is 45.3 Å². The van der Waals surface area contributed by atoms with Crippen molar-refractivity contribution in [2.75, 3.05) is 6.61 Å². The first-order chi connectivity index (χ1) is 16.2. The van der Waals surface area contributed by atoms with Crippen molar-refractivity contribution in [2.24, 2.45) is 45.3 Å². The van der Waals surface area contributed by atoms with Gasteiger partial charge in [0, 0.05) is 11.3 Å². The van der Waals surface area contributed by atoms with E-state index in [1.165, 1.54) is 0 Å². The molecule has 5 nitrogen and oxygen atoms in total. The molecule has 12 atom stereocenters. The van der Waals surface area contributed by atoms with Crippen molar-refractivity contribution in [3.8, 4) is 0 Å². The van der Waals surface area contributed by atoms with Crippen LogP contribution in [0.3, 0.4) is 0 Å². The van der Waals surface area contributed by atoms with Gasteiger partial charge in [-0.3, -0.25) is 0 Å². The van der Waals surface area contributed by atoms with Crippen LogP contribution in [0.5, 0.6) is 0 Å². The van der Waals surface area contributed by atoms with Crippen LogP contribution in [-0.2, 0) is 0 Å². The minimum atomic E-state index is -0.890. The van der Waals surface area contributed by atoms with Gasteiger partial charge in [-0.15, -0.1) is 0 Å². The molecule has 200 valence electrons. The maximum atomic E-state index is 11.7. The predicted octanol–water partition coefficient (Wildman–Crippen LogP) is 4.22. The van der Waals surface area contributed by atoms with Gasteiger partial charge >= 0.3 is 0 Å². The Morgan fingerprint density at radius 2 is 1.69 bits per heavy atom. The molecular formula is C30H50O5. The fourth-order valence-corrected chi connectivity index (χ4v) is 9.81. The lowest BCUT2D eigenvalue weighted by Crippen LogP contribution is -2.63. The van der Waals surface area contributed by atoms with Gasteiger partial charge < -0.3 is 25.5 Å². The molecule has 0 saturated heterocycles. The van der Waals surface area contributed by atoms with Crippen LogP contribution in [0.15, 0.2) is 23.8 Å². The van der Waals surface area contributed by atoms with Crippen LogP contribution in [0.25, 0.3) is 0 Å². The zero-order valence-corrected chi connectivity index (χ0v) is 22.8. The van der Waals surface area contributed by atoms with E-state index in [0.717, 1.165) is 37.7 Å². The normalized spacial score (nSPS) is 49.8. The van der Waals surface area contributed by atoms with Gasteiger partial charge in [-0.25, -0.2) is 0 Å². The highest BCUT2D eigenvalue weighted by atomic mass is 16.3. The Morgan fingerprint density at radius 3 is 2.29 bits per heavy atom. The van der Waals surface area contributed by atoms with Crippen molar-refractivity contribution in [2.45, 2.75) is 111 Å². The van der Waals surface area contributed by atoms with Crippen molar-refractivity contribution >= 4 is 0 Å². The number of aliphatic hydroxyl groups excluding tert-OH is 5. The smallest absolute Gasteiger partial charge is 0.100 e. The highest BCUT2D eigenvalue weighted by Gasteiger charge is 2.69. The number of rotatable bonds is 6. The van der Waals surface area contributed by atoms with E-state index in [4.69, 9.17) is 0 Å². The Bertz CT molecular complexity index is 869. The molecule has 0 heterocycles. The standard InChI is InChI=1S/C30H50O5/c1-17(2)25(35)22(32)14-18(3)19-10-11-30(7)26-23(33)15-21-20(8-9-24(34)28(21,5)16-31)27(26,4)12-13-29(19,30)6/h15,18-20,22-26,31-35H,1,8-14,16H2,2-7H3/t18-,19-,20-,22-,23-,24+,25-,26-,27+,28-,29-,30+/m1/s1. The first-order valence-electron chi connectivity index (χ1n) is 13.9. The molecule has 0 aliphatic heterocycles. The van der Waals surface area contributed by atoms with Crippen LogP contribution in [0.1, 0.15) is 86.5 Å². The molecule has 0 aromatic carbocycles. The summed E-state index contributed by atoms with van der Waals surface area (Å²) < 4.78 is 0. The van der Waals surface area contributed by atoms with E-state index in [0.29, 0.717) is 24.3 Å². The summed E-state index contributed by atoms with van der Waals surface area (Å²) in [6, 6.07) is 0. The molecule has 0 amide bonds. The minimum absolute atomic E-state index is 0.0330. The molecule has 0 aromatic rings. The Hall–Kier alpha value is -0.720. The van der Waals surface area contributed by atoms with Gasteiger partial charge in [-0.05, 0) is 91.4 Å². The molecule has 3 fully saturated rings. The third kappa shape index (κ3) is 3.74. The highest BCUT2D eigenvalue weighted by Crippen LogP contribution is 2.75. The molecule has 4 aliphatic carbocycles. The van der Waals surface area contributed by atoms with Gasteiger partial charge in [0.1, 0.15) is 6.10 Å². The summed E-state index contributed by atoms with van der Waals surface area (Å²) in [6.07, 6.45) is 5.48. The first-order valence-corrected chi connectivity index (χ1v) is 13.9. The molecule has 5 N–H and O–H groups in total. The largest absolute Gasteiger partial charge is 0.395 e. The molecule has 0 unspecified atom stereocenters. The third-order valence-corrected chi connectivity index (χ3v) is 12.2. The van der Waals surface area contributed by atoms with E-state index in [9.17, 15) is 25.5 Å². The third-order valence-electron chi connectivity index (χ3n) is 12.2. The van der Waals surface area contributed by atoms with E-state index in [-0.39, 0.29) is 40.6 Å². The van der Waals surface area contributed by atoms with Crippen molar-refractivity contribution in [3.05, 3.63) is 23.8 Å². The fourth-order valence-electron chi connectivity index (χ4n) is 9.81. The second-order valence-corrected chi connectivity index (χ2v) is 13.9. The van der Waals surface area contributed by atoms with Crippen LogP contribution in [-0.4, -0.2) is 56.6 Å². The molecule has 0 spiro atoms. The Labute approximate surface area is 212 Å². The molecule has 0 radical (unpaired) electrons. The van der Waals surface area contributed by atoms with E-state index in [1.807, 2.05) is 13.0 Å². The molecule has 0 bridgehead atoms. The SMILES string of the molecule is C=C(C)[C@@H](O)[C@H](O)C[C@@H](C)[C@H]1CC[C@@]2(C)[C@@H]3[C@H](O)C=C4[C@@H](CC[C@H](O)[C@]4(C)CO)[C@]3(C)CC[C@]12C. The lowest BCUT2D eigenvalue weighted by molar-refractivity contribution is -0.180. The maximum Gasteiger partial charge on any atom is 0.100 e. The maximum absolute atomic E-state index is 11.7. The number of fused-ring (bicyclic) bond motifs is 5. The first kappa shape index (κ1) is 27.3. The van der Waals surface area contributed by atoms with Gasteiger partial charge in [-0.1, -0.05) is 52.8 Å². The van der Waals surface area contributed by atoms with Gasteiger partial charge in [0.2, 0.25) is 0 Å². The van der Waals surface area contributed by atoms with Crippen molar-refractivity contribution in [1.82, 2.24) is 0 Å². The summed E-state index contributed by atoms with van der Waals surface area (Å²) in [5.74, 6) is 1.05. The van der Waals surface area contributed by atoms with E-state index in [1.54, 1.807) is 6.92 Å². The second-order valence-electron chi connectivity index (χ2n) is 13.9. The number of aliphatic hydroxyl groups is 5. The Kier molecular flexibility index (Phi) is 6.98. The van der Waals surface area contributed by atoms with Gasteiger partial charge in [0.05, 0.1) is 24.9 Å². The van der Waals surface area contributed by atoms with Gasteiger partial charge in [0.25, 0.3) is 0 Å². The molecule has 4 aliphatic rings. The fraction of sp³-hybridized carbons (Fsp3) is 0.867. The van der Waals surface area contributed by atoms with E-state index >= 15 is 0 Å². The number of hydrogen-bond donors (Lipinski definition) is 5. The molecule has 0 aromatic heterocycles. The topological polar surface area (TPSA) is 101 Å². The molecular weight excluding hydrogens is 440 g/mol. The summed E-state index contributed by atoms with van der Waals surface area (Å²) in [6.45, 7) is 16.8. The summed E-state index contributed by atoms with van der Waals surface area (Å²) in [5.41, 5.74) is 0.877. The zero-order chi connectivity index (χ0) is 26.1. The van der Waals surface area contributed by atoms with Crippen molar-refractivity contribution < 1.29 is 25.5 Å². The van der Waals surface area contributed by atoms with Crippen LogP contribution in [0.2, 0.25) is 0 Å². The molecule has 5 heteroatoms. The van der Waals surface area contributed by atoms with Crippen molar-refractivity contribution in [1.29, 1.82) is 0 Å². The van der Waals surface area contributed by atoms with Gasteiger partial charge in [0.15, 0.2) is 0 Å². The minimum Gasteiger partial charge on any atom is -0.395 e. The van der Waals surface area contributed by atoms with Crippen molar-refractivity contribution in [3.63, 3.8) is 0 Å². The Morgan fingerprint density at radius 1 is 1.03 bits per heavy atom. The summed E-state index contributed by atoms with van der Waals surface area (Å²) in [5, 5.41) is 53.8. The molecule has 35 heavy (non-hydrogen) atoms. The van der Waals surface area contributed by atoms with E-state index in [2.05, 4.69) is 34.3 Å². The highest BCUT2D eigenvalue weighted by molar-refractivity contribution is 5.33. The molecule has 3 saturated carbocycles. The monoisotopic (exact) mass is 490 g/mol. The number of hydrogen-bond acceptors (Lipinski definition) is 5. The van der Waals surface area contributed by atoms with Crippen LogP contribution in [0.4, 0.5) is 0 Å². The lowest BCUT2D eigenvalue weighted by Gasteiger charge is -2.67. The lowest BCUT2D eigenvalue weighted by atomic mass is 9.38. The summed E-state index contributed by atoms with van der Waals surface area (Å²) in [7, 11) is 0. The van der Waals surface area contributed by atoms with Crippen LogP contribution < -0.4 is 0 Å². The average Bonchev–Trinajstić information content (AvgIpc) is 3.06. The second kappa shape index (κ2) is 8.94. The molecule has 4 rings (SSSR count). The summed E-state index contributed by atoms with van der Waals surface area (Å²) in [4.78, 5) is 0. The predicted molar refractivity (Wildman–Crippen MR) is 138 cm³/mol. The quantitative estimate of drug-likeness (QED) is 0.359. The van der Waals surface area contributed by atoms with Gasteiger partial charge in [-0.2, -0.15) is 0 Å². The van der Waals surface area contributed by atoms with E-state index < -0.39 is 29.8 Å². The zero-order valence-electron chi connectivity index (χ0n) is 22.8. The Balaban J connectivity index is 1.67. The summed E-state index contributed by atoms with van der Waals surface area (Å²) >= 11 is 0. The van der Waals surface area contributed by atoms with Crippen LogP contribution >= 0.6 is 0 Å². The average molecular weight is 491 g/mol.